The van der Waals surface area contributed by atoms with Gasteiger partial charge in [-0.05, 0) is 54.8 Å². The molecule has 1 fully saturated rings. The van der Waals surface area contributed by atoms with Crippen molar-refractivity contribution in [1.82, 2.24) is 23.6 Å². The minimum atomic E-state index is -3.75. The Kier molecular flexibility index (Phi) is 7.59. The number of rotatable bonds is 7. The molecule has 1 aliphatic heterocycles. The number of non-ortho nitro benzene ring substituents is 1. The fourth-order valence-corrected chi connectivity index (χ4v) is 7.80. The second-order valence-electron chi connectivity index (χ2n) is 11.7. The molecule has 3 aromatic heterocycles. The highest BCUT2D eigenvalue weighted by molar-refractivity contribution is 7.89. The van der Waals surface area contributed by atoms with Crippen molar-refractivity contribution in [2.24, 2.45) is 0 Å². The molecule has 11 heteroatoms. The standard InChI is InChI=1S/C35H32N6O4S/c1-24-11-12-25(2)30(20-24)28-13-14-33-37-34(27-7-3-9-29(21-27)41(42)43)31(40(33)22-28)23-38-16-18-39(19-17-38)46(44,45)32-10-4-6-26-8-5-15-36-35(26)32/h3-15,20-22H,16-19,23H2,1-2H3. The van der Waals surface area contributed by atoms with E-state index >= 15 is 0 Å². The first kappa shape index (κ1) is 29.7. The second-order valence-corrected chi connectivity index (χ2v) is 13.6. The van der Waals surface area contributed by atoms with Gasteiger partial charge in [0.25, 0.3) is 5.69 Å². The number of aryl methyl sites for hydroxylation is 2. The zero-order valence-electron chi connectivity index (χ0n) is 25.5. The lowest BCUT2D eigenvalue weighted by Gasteiger charge is -2.34. The molecule has 4 heterocycles. The number of benzene rings is 3. The molecule has 0 N–H and O–H groups in total. The molecular weight excluding hydrogens is 600 g/mol. The average Bonchev–Trinajstić information content (AvgIpc) is 3.43. The summed E-state index contributed by atoms with van der Waals surface area (Å²) in [6.45, 7) is 6.31. The Labute approximate surface area is 266 Å². The van der Waals surface area contributed by atoms with Crippen LogP contribution in [-0.4, -0.2) is 63.1 Å². The van der Waals surface area contributed by atoms with Gasteiger partial charge in [0.1, 0.15) is 10.5 Å². The first-order valence-electron chi connectivity index (χ1n) is 15.1. The van der Waals surface area contributed by atoms with Crippen molar-refractivity contribution >= 4 is 32.3 Å². The number of pyridine rings is 2. The molecule has 46 heavy (non-hydrogen) atoms. The Balaban J connectivity index is 1.23. The van der Waals surface area contributed by atoms with Crippen LogP contribution in [0.3, 0.4) is 0 Å². The van der Waals surface area contributed by atoms with E-state index in [-0.39, 0.29) is 10.6 Å². The van der Waals surface area contributed by atoms with Crippen molar-refractivity contribution in [2.45, 2.75) is 25.3 Å². The summed E-state index contributed by atoms with van der Waals surface area (Å²) in [7, 11) is -3.75. The summed E-state index contributed by atoms with van der Waals surface area (Å²) >= 11 is 0. The van der Waals surface area contributed by atoms with E-state index in [1.54, 1.807) is 36.5 Å². The smallest absolute Gasteiger partial charge is 0.270 e. The molecule has 0 atom stereocenters. The topological polar surface area (TPSA) is 114 Å². The van der Waals surface area contributed by atoms with Crippen LogP contribution in [0.4, 0.5) is 5.69 Å². The summed E-state index contributed by atoms with van der Waals surface area (Å²) in [5.41, 5.74) is 7.90. The van der Waals surface area contributed by atoms with Gasteiger partial charge in [0.15, 0.2) is 0 Å². The normalized spacial score (nSPS) is 14.7. The lowest BCUT2D eigenvalue weighted by atomic mass is 10.00. The van der Waals surface area contributed by atoms with Crippen LogP contribution in [0.25, 0.3) is 38.9 Å². The fraction of sp³-hybridized carbons (Fsp3) is 0.200. The van der Waals surface area contributed by atoms with Crippen LogP contribution in [0.5, 0.6) is 0 Å². The second kappa shape index (κ2) is 11.8. The van der Waals surface area contributed by atoms with Crippen LogP contribution in [0.2, 0.25) is 0 Å². The maximum absolute atomic E-state index is 13.7. The number of imidazole rings is 1. The Morgan fingerprint density at radius 1 is 0.870 bits per heavy atom. The van der Waals surface area contributed by atoms with Gasteiger partial charge in [0.2, 0.25) is 10.0 Å². The van der Waals surface area contributed by atoms with E-state index in [4.69, 9.17) is 4.98 Å². The van der Waals surface area contributed by atoms with Crippen molar-refractivity contribution in [3.05, 3.63) is 124 Å². The molecule has 0 spiro atoms. The molecule has 0 saturated carbocycles. The summed E-state index contributed by atoms with van der Waals surface area (Å²) in [6, 6.07) is 25.8. The molecule has 232 valence electrons. The summed E-state index contributed by atoms with van der Waals surface area (Å²) in [5, 5.41) is 12.4. The van der Waals surface area contributed by atoms with Gasteiger partial charge in [0.05, 0.1) is 21.8 Å². The summed E-state index contributed by atoms with van der Waals surface area (Å²) in [5.74, 6) is 0. The van der Waals surface area contributed by atoms with Gasteiger partial charge in [-0.15, -0.1) is 0 Å². The summed E-state index contributed by atoms with van der Waals surface area (Å²) in [4.78, 5) is 23.0. The number of para-hydroxylation sites is 1. The van der Waals surface area contributed by atoms with E-state index in [2.05, 4.69) is 58.6 Å². The number of sulfonamides is 1. The highest BCUT2D eigenvalue weighted by Gasteiger charge is 2.31. The van der Waals surface area contributed by atoms with Gasteiger partial charge in [-0.2, -0.15) is 4.31 Å². The quantitative estimate of drug-likeness (QED) is 0.151. The third kappa shape index (κ3) is 5.42. The van der Waals surface area contributed by atoms with E-state index in [0.717, 1.165) is 39.0 Å². The van der Waals surface area contributed by atoms with Crippen molar-refractivity contribution in [3.63, 3.8) is 0 Å². The highest BCUT2D eigenvalue weighted by atomic mass is 32.2. The van der Waals surface area contributed by atoms with Gasteiger partial charge >= 0.3 is 0 Å². The first-order chi connectivity index (χ1) is 22.2. The molecule has 0 bridgehead atoms. The zero-order valence-corrected chi connectivity index (χ0v) is 26.3. The van der Waals surface area contributed by atoms with Crippen LogP contribution in [0.1, 0.15) is 16.8 Å². The third-order valence-corrected chi connectivity index (χ3v) is 10.6. The fourth-order valence-electron chi connectivity index (χ4n) is 6.21. The molecular formula is C35H32N6O4S. The van der Waals surface area contributed by atoms with Gasteiger partial charge < -0.3 is 4.40 Å². The predicted octanol–water partition coefficient (Wildman–Crippen LogP) is 6.25. The molecule has 3 aromatic carbocycles. The van der Waals surface area contributed by atoms with Crippen LogP contribution < -0.4 is 0 Å². The van der Waals surface area contributed by atoms with E-state index in [9.17, 15) is 18.5 Å². The van der Waals surface area contributed by atoms with E-state index in [1.807, 2.05) is 24.3 Å². The molecule has 6 aromatic rings. The molecule has 1 saturated heterocycles. The largest absolute Gasteiger partial charge is 0.301 e. The van der Waals surface area contributed by atoms with Crippen LogP contribution >= 0.6 is 0 Å². The predicted molar refractivity (Wildman–Crippen MR) is 178 cm³/mol. The zero-order chi connectivity index (χ0) is 32.0. The lowest BCUT2D eigenvalue weighted by molar-refractivity contribution is -0.384. The van der Waals surface area contributed by atoms with Crippen molar-refractivity contribution in [3.8, 4) is 22.4 Å². The number of nitro benzene ring substituents is 1. The van der Waals surface area contributed by atoms with E-state index < -0.39 is 14.9 Å². The summed E-state index contributed by atoms with van der Waals surface area (Å²) in [6.07, 6.45) is 3.69. The number of nitrogens with zero attached hydrogens (tertiary/aromatic N) is 6. The number of piperazine rings is 1. The van der Waals surface area contributed by atoms with E-state index in [1.165, 1.54) is 10.4 Å². The Morgan fingerprint density at radius 3 is 2.46 bits per heavy atom. The number of hydrogen-bond acceptors (Lipinski definition) is 7. The Hall–Kier alpha value is -4.97. The molecule has 0 unspecified atom stereocenters. The minimum Gasteiger partial charge on any atom is -0.301 e. The SMILES string of the molecule is Cc1ccc(C)c(-c2ccc3nc(-c4cccc([N+](=O)[O-])c4)c(CN4CCN(S(=O)(=O)c5cccc6cccnc56)CC4)n3c2)c1. The lowest BCUT2D eigenvalue weighted by Crippen LogP contribution is -2.48. The van der Waals surface area contributed by atoms with Gasteiger partial charge in [-0.1, -0.05) is 54.1 Å². The maximum atomic E-state index is 13.7. The molecule has 1 aliphatic rings. The van der Waals surface area contributed by atoms with Gasteiger partial charge in [-0.3, -0.25) is 20.0 Å². The van der Waals surface area contributed by atoms with Crippen LogP contribution in [0, 0.1) is 24.0 Å². The number of hydrogen-bond donors (Lipinski definition) is 0. The van der Waals surface area contributed by atoms with E-state index in [0.29, 0.717) is 49.5 Å². The molecule has 0 aliphatic carbocycles. The van der Waals surface area contributed by atoms with Gasteiger partial charge in [0, 0.05) is 68.2 Å². The third-order valence-electron chi connectivity index (χ3n) is 8.67. The number of nitro groups is 1. The Morgan fingerprint density at radius 2 is 1.65 bits per heavy atom. The highest BCUT2D eigenvalue weighted by Crippen LogP contribution is 2.32. The Bertz CT molecular complexity index is 2230. The van der Waals surface area contributed by atoms with Crippen molar-refractivity contribution < 1.29 is 13.3 Å². The van der Waals surface area contributed by atoms with Crippen molar-refractivity contribution in [2.75, 3.05) is 26.2 Å². The molecule has 0 amide bonds. The summed E-state index contributed by atoms with van der Waals surface area (Å²) < 4.78 is 31.1. The van der Waals surface area contributed by atoms with Gasteiger partial charge in [-0.25, -0.2) is 13.4 Å². The monoisotopic (exact) mass is 632 g/mol. The van der Waals surface area contributed by atoms with Crippen LogP contribution in [-0.2, 0) is 16.6 Å². The number of fused-ring (bicyclic) bond motifs is 2. The first-order valence-corrected chi connectivity index (χ1v) is 16.5. The average molecular weight is 633 g/mol. The molecule has 0 radical (unpaired) electrons. The maximum Gasteiger partial charge on any atom is 0.270 e. The minimum absolute atomic E-state index is 0.00155. The molecule has 10 nitrogen and oxygen atoms in total. The van der Waals surface area contributed by atoms with Crippen LogP contribution in [0.15, 0.2) is 102 Å². The number of aromatic nitrogens is 3. The van der Waals surface area contributed by atoms with Crippen molar-refractivity contribution in [1.29, 1.82) is 0 Å². The molecule has 7 rings (SSSR count).